The Balaban J connectivity index is 1.22. The molecular formula is C20H24N4O3. The lowest BCUT2D eigenvalue weighted by Crippen LogP contribution is -2.48. The summed E-state index contributed by atoms with van der Waals surface area (Å²) in [5, 5.41) is 2.92. The predicted molar refractivity (Wildman–Crippen MR) is 98.9 cm³/mol. The molecule has 7 heteroatoms. The van der Waals surface area contributed by atoms with E-state index in [1.165, 1.54) is 4.90 Å². The van der Waals surface area contributed by atoms with Crippen LogP contribution in [-0.4, -0.2) is 52.0 Å². The molecule has 2 aromatic rings. The fraction of sp³-hybridized carbons (Fsp3) is 0.550. The Kier molecular flexibility index (Phi) is 3.75. The number of urea groups is 1. The highest BCUT2D eigenvalue weighted by Crippen LogP contribution is 2.42. The van der Waals surface area contributed by atoms with Crippen molar-refractivity contribution in [3.63, 3.8) is 0 Å². The third kappa shape index (κ3) is 2.81. The first-order chi connectivity index (χ1) is 13.0. The fourth-order valence-electron chi connectivity index (χ4n) is 4.37. The van der Waals surface area contributed by atoms with E-state index >= 15 is 0 Å². The van der Waals surface area contributed by atoms with Crippen molar-refractivity contribution in [3.8, 4) is 0 Å². The Morgan fingerprint density at radius 3 is 2.63 bits per heavy atom. The molecule has 1 aromatic heterocycles. The number of nitrogens with zero attached hydrogens (tertiary/aromatic N) is 3. The lowest BCUT2D eigenvalue weighted by molar-refractivity contribution is -0.133. The van der Waals surface area contributed by atoms with Crippen LogP contribution in [0.2, 0.25) is 0 Å². The van der Waals surface area contributed by atoms with Gasteiger partial charge in [-0.05, 0) is 50.7 Å². The standard InChI is InChI=1S/C20H24N4O3/c1-20(14-6-7-14)18(25)24(19(26)22-20)12-23-10-8-13(9-11-23)17-21-15-4-2-3-5-16(15)27-17/h2-5,13-14H,6-12H2,1H3,(H,22,26)/t20-/m1/s1. The number of para-hydroxylation sites is 2. The lowest BCUT2D eigenvalue weighted by atomic mass is 9.96. The molecule has 1 saturated carbocycles. The fourth-order valence-corrected chi connectivity index (χ4v) is 4.37. The molecule has 3 heterocycles. The van der Waals surface area contributed by atoms with Crippen LogP contribution in [0.15, 0.2) is 28.7 Å². The topological polar surface area (TPSA) is 78.7 Å². The maximum absolute atomic E-state index is 12.8. The van der Waals surface area contributed by atoms with E-state index in [9.17, 15) is 9.59 Å². The van der Waals surface area contributed by atoms with Gasteiger partial charge in [-0.25, -0.2) is 14.7 Å². The Hall–Kier alpha value is -2.41. The molecule has 7 nitrogen and oxygen atoms in total. The lowest BCUT2D eigenvalue weighted by Gasteiger charge is -2.32. The van der Waals surface area contributed by atoms with Gasteiger partial charge in [-0.15, -0.1) is 0 Å². The van der Waals surface area contributed by atoms with Gasteiger partial charge in [0.2, 0.25) is 0 Å². The number of oxazole rings is 1. The van der Waals surface area contributed by atoms with Crippen LogP contribution in [0.3, 0.4) is 0 Å². The van der Waals surface area contributed by atoms with Gasteiger partial charge in [-0.2, -0.15) is 0 Å². The summed E-state index contributed by atoms with van der Waals surface area (Å²) in [5.74, 6) is 1.31. The number of aromatic nitrogens is 1. The average molecular weight is 368 g/mol. The van der Waals surface area contributed by atoms with E-state index in [-0.39, 0.29) is 17.9 Å². The second kappa shape index (κ2) is 6.05. The number of hydrogen-bond donors (Lipinski definition) is 1. The Morgan fingerprint density at radius 1 is 1.19 bits per heavy atom. The number of amides is 3. The van der Waals surface area contributed by atoms with Crippen LogP contribution in [0.5, 0.6) is 0 Å². The van der Waals surface area contributed by atoms with Gasteiger partial charge in [-0.1, -0.05) is 12.1 Å². The summed E-state index contributed by atoms with van der Waals surface area (Å²) < 4.78 is 5.91. The van der Waals surface area contributed by atoms with Gasteiger partial charge >= 0.3 is 6.03 Å². The van der Waals surface area contributed by atoms with Crippen molar-refractivity contribution in [2.45, 2.75) is 44.1 Å². The minimum absolute atomic E-state index is 0.0731. The quantitative estimate of drug-likeness (QED) is 0.840. The van der Waals surface area contributed by atoms with Crippen molar-refractivity contribution in [2.75, 3.05) is 19.8 Å². The van der Waals surface area contributed by atoms with Crippen LogP contribution in [0, 0.1) is 5.92 Å². The maximum Gasteiger partial charge on any atom is 0.326 e. The van der Waals surface area contributed by atoms with Crippen molar-refractivity contribution < 1.29 is 14.0 Å². The molecule has 1 aliphatic carbocycles. The highest BCUT2D eigenvalue weighted by Gasteiger charge is 2.56. The molecule has 0 spiro atoms. The summed E-state index contributed by atoms with van der Waals surface area (Å²) in [6, 6.07) is 7.56. The maximum atomic E-state index is 12.8. The third-order valence-corrected chi connectivity index (χ3v) is 6.28. The van der Waals surface area contributed by atoms with Crippen LogP contribution in [0.4, 0.5) is 4.79 Å². The largest absolute Gasteiger partial charge is 0.440 e. The number of piperidine rings is 1. The number of carbonyl (C=O) groups excluding carboxylic acids is 2. The van der Waals surface area contributed by atoms with Gasteiger partial charge in [0.05, 0.1) is 6.67 Å². The molecule has 3 fully saturated rings. The molecule has 0 radical (unpaired) electrons. The second-order valence-corrected chi connectivity index (χ2v) is 8.19. The molecule has 27 heavy (non-hydrogen) atoms. The third-order valence-electron chi connectivity index (χ3n) is 6.28. The SMILES string of the molecule is C[C@]1(C2CC2)NC(=O)N(CN2CCC(c3nc4ccccc4o3)CC2)C1=O. The highest BCUT2D eigenvalue weighted by atomic mass is 16.3. The zero-order valence-electron chi connectivity index (χ0n) is 15.5. The normalized spacial score (nSPS) is 27.5. The molecule has 3 aliphatic rings. The number of likely N-dealkylation sites (tertiary alicyclic amines) is 1. The van der Waals surface area contributed by atoms with Crippen LogP contribution in [0.1, 0.15) is 44.4 Å². The summed E-state index contributed by atoms with van der Waals surface area (Å²) in [6.45, 7) is 3.87. The van der Waals surface area contributed by atoms with E-state index in [0.29, 0.717) is 12.6 Å². The molecule has 5 rings (SSSR count). The summed E-state index contributed by atoms with van der Waals surface area (Å²) in [7, 11) is 0. The molecule has 0 unspecified atom stereocenters. The second-order valence-electron chi connectivity index (χ2n) is 8.19. The Morgan fingerprint density at radius 2 is 1.93 bits per heavy atom. The van der Waals surface area contributed by atoms with E-state index < -0.39 is 5.54 Å². The van der Waals surface area contributed by atoms with Crippen LogP contribution in [0.25, 0.3) is 11.1 Å². The van der Waals surface area contributed by atoms with Crippen molar-refractivity contribution in [2.24, 2.45) is 5.92 Å². The number of hydrogen-bond acceptors (Lipinski definition) is 5. The number of carbonyl (C=O) groups is 2. The molecule has 1 atom stereocenters. The average Bonchev–Trinajstić information content (AvgIpc) is 3.41. The number of fused-ring (bicyclic) bond motifs is 1. The summed E-state index contributed by atoms with van der Waals surface area (Å²) in [5.41, 5.74) is 1.02. The number of nitrogens with one attached hydrogen (secondary N) is 1. The van der Waals surface area contributed by atoms with Crippen LogP contribution in [-0.2, 0) is 4.79 Å². The molecule has 142 valence electrons. The van der Waals surface area contributed by atoms with Crippen molar-refractivity contribution in [1.82, 2.24) is 20.1 Å². The van der Waals surface area contributed by atoms with E-state index in [1.807, 2.05) is 31.2 Å². The minimum atomic E-state index is -0.701. The van der Waals surface area contributed by atoms with Crippen molar-refractivity contribution >= 4 is 23.0 Å². The van der Waals surface area contributed by atoms with Crippen LogP contribution < -0.4 is 5.32 Å². The molecule has 2 saturated heterocycles. The zero-order chi connectivity index (χ0) is 18.6. The van der Waals surface area contributed by atoms with Gasteiger partial charge in [-0.3, -0.25) is 9.69 Å². The van der Waals surface area contributed by atoms with E-state index in [4.69, 9.17) is 4.42 Å². The Labute approximate surface area is 157 Å². The van der Waals surface area contributed by atoms with Gasteiger partial charge in [0.1, 0.15) is 11.1 Å². The van der Waals surface area contributed by atoms with E-state index in [2.05, 4.69) is 15.2 Å². The van der Waals surface area contributed by atoms with Crippen molar-refractivity contribution in [3.05, 3.63) is 30.2 Å². The monoisotopic (exact) mass is 368 g/mol. The van der Waals surface area contributed by atoms with Gasteiger partial charge in [0.15, 0.2) is 11.5 Å². The molecule has 2 aliphatic heterocycles. The number of benzene rings is 1. The van der Waals surface area contributed by atoms with Gasteiger partial charge < -0.3 is 9.73 Å². The molecule has 0 bridgehead atoms. The van der Waals surface area contributed by atoms with E-state index in [1.54, 1.807) is 0 Å². The molecule has 1 aromatic carbocycles. The molecular weight excluding hydrogens is 344 g/mol. The number of rotatable bonds is 4. The Bertz CT molecular complexity index is 865. The van der Waals surface area contributed by atoms with Crippen molar-refractivity contribution in [1.29, 1.82) is 0 Å². The van der Waals surface area contributed by atoms with Crippen LogP contribution >= 0.6 is 0 Å². The smallest absolute Gasteiger partial charge is 0.326 e. The molecule has 3 amide bonds. The van der Waals surface area contributed by atoms with Gasteiger partial charge in [0.25, 0.3) is 5.91 Å². The molecule has 1 N–H and O–H groups in total. The predicted octanol–water partition coefficient (Wildman–Crippen LogP) is 2.69. The highest BCUT2D eigenvalue weighted by molar-refractivity contribution is 6.07. The van der Waals surface area contributed by atoms with Gasteiger partial charge in [0, 0.05) is 19.0 Å². The first-order valence-electron chi connectivity index (χ1n) is 9.76. The first-order valence-corrected chi connectivity index (χ1v) is 9.76. The first kappa shape index (κ1) is 16.7. The minimum Gasteiger partial charge on any atom is -0.440 e. The zero-order valence-corrected chi connectivity index (χ0v) is 15.5. The summed E-state index contributed by atoms with van der Waals surface area (Å²) >= 11 is 0. The summed E-state index contributed by atoms with van der Waals surface area (Å²) in [6.07, 6.45) is 3.87. The van der Waals surface area contributed by atoms with E-state index in [0.717, 1.165) is 55.8 Å². The number of imide groups is 1. The summed E-state index contributed by atoms with van der Waals surface area (Å²) in [4.78, 5) is 33.3.